The first-order chi connectivity index (χ1) is 8.24. The van der Waals surface area contributed by atoms with Gasteiger partial charge in [-0.2, -0.15) is 5.10 Å². The Balaban J connectivity index is 2.54. The Morgan fingerprint density at radius 3 is 2.59 bits per heavy atom. The number of aromatic nitrogens is 2. The largest absolute Gasteiger partial charge is 0.311 e. The molecule has 0 saturated heterocycles. The second-order valence-corrected chi connectivity index (χ2v) is 4.64. The maximum absolute atomic E-state index is 6.33. The van der Waals surface area contributed by atoms with Gasteiger partial charge in [0.1, 0.15) is 0 Å². The van der Waals surface area contributed by atoms with Gasteiger partial charge in [-0.1, -0.05) is 38.3 Å². The van der Waals surface area contributed by atoms with Crippen molar-refractivity contribution in [1.29, 1.82) is 0 Å². The van der Waals surface area contributed by atoms with Crippen LogP contribution in [-0.4, -0.2) is 16.3 Å². The van der Waals surface area contributed by atoms with Gasteiger partial charge in [-0.05, 0) is 26.3 Å². The molecular formula is C13H24ClN3. The minimum absolute atomic E-state index is 0.823. The molecule has 0 aliphatic heterocycles. The van der Waals surface area contributed by atoms with Crippen molar-refractivity contribution < 1.29 is 0 Å². The first kappa shape index (κ1) is 14.5. The van der Waals surface area contributed by atoms with Crippen molar-refractivity contribution >= 4 is 11.6 Å². The lowest BCUT2D eigenvalue weighted by Crippen LogP contribution is -2.18. The van der Waals surface area contributed by atoms with Gasteiger partial charge in [0.15, 0.2) is 0 Å². The first-order valence-electron chi connectivity index (χ1n) is 6.69. The van der Waals surface area contributed by atoms with E-state index in [1.807, 2.05) is 4.68 Å². The summed E-state index contributed by atoms with van der Waals surface area (Å²) in [6.45, 7) is 9.17. The summed E-state index contributed by atoms with van der Waals surface area (Å²) < 4.78 is 2.01. The highest BCUT2D eigenvalue weighted by Gasteiger charge is 2.13. The maximum Gasteiger partial charge on any atom is 0.0863 e. The van der Waals surface area contributed by atoms with Crippen molar-refractivity contribution in [3.05, 3.63) is 16.4 Å². The van der Waals surface area contributed by atoms with Gasteiger partial charge in [0.25, 0.3) is 0 Å². The van der Waals surface area contributed by atoms with Crippen LogP contribution < -0.4 is 5.32 Å². The number of nitrogens with one attached hydrogen (secondary N) is 1. The third-order valence-electron chi connectivity index (χ3n) is 2.94. The lowest BCUT2D eigenvalue weighted by atomic mass is 10.2. The van der Waals surface area contributed by atoms with Gasteiger partial charge < -0.3 is 5.32 Å². The number of hydrogen-bond donors (Lipinski definition) is 1. The Kier molecular flexibility index (Phi) is 6.60. The summed E-state index contributed by atoms with van der Waals surface area (Å²) in [6, 6.07) is 0. The summed E-state index contributed by atoms with van der Waals surface area (Å²) in [5.41, 5.74) is 2.14. The van der Waals surface area contributed by atoms with Crippen LogP contribution in [0.2, 0.25) is 5.02 Å². The molecule has 1 N–H and O–H groups in total. The molecule has 0 radical (unpaired) electrons. The summed E-state index contributed by atoms with van der Waals surface area (Å²) in [6.07, 6.45) is 4.67. The number of hydrogen-bond acceptors (Lipinski definition) is 2. The molecule has 0 aromatic carbocycles. The number of unbranched alkanes of at least 4 members (excludes halogenated alkanes) is 2. The third-order valence-corrected chi connectivity index (χ3v) is 3.38. The first-order valence-corrected chi connectivity index (χ1v) is 7.07. The summed E-state index contributed by atoms with van der Waals surface area (Å²) in [4.78, 5) is 0. The van der Waals surface area contributed by atoms with Gasteiger partial charge in [0.2, 0.25) is 0 Å². The second-order valence-electron chi connectivity index (χ2n) is 4.26. The fourth-order valence-electron chi connectivity index (χ4n) is 1.89. The highest BCUT2D eigenvalue weighted by molar-refractivity contribution is 6.31. The van der Waals surface area contributed by atoms with Gasteiger partial charge in [-0.3, -0.25) is 4.68 Å². The number of nitrogens with zero attached hydrogens (tertiary/aromatic N) is 2. The molecule has 0 amide bonds. The number of halogens is 1. The van der Waals surface area contributed by atoms with Crippen molar-refractivity contribution in [1.82, 2.24) is 15.1 Å². The monoisotopic (exact) mass is 257 g/mol. The predicted octanol–water partition coefficient (Wildman–Crippen LogP) is 3.40. The molecule has 0 atom stereocenters. The zero-order valence-electron chi connectivity index (χ0n) is 11.2. The van der Waals surface area contributed by atoms with E-state index in [9.17, 15) is 0 Å². The lowest BCUT2D eigenvalue weighted by Gasteiger charge is -2.07. The van der Waals surface area contributed by atoms with Crippen molar-refractivity contribution in [3.8, 4) is 0 Å². The zero-order valence-corrected chi connectivity index (χ0v) is 12.0. The molecule has 0 aliphatic rings. The van der Waals surface area contributed by atoms with Crippen LogP contribution in [0.4, 0.5) is 0 Å². The SMILES string of the molecule is CCCCCNCc1c(Cl)c(CC)nn1CC. The molecule has 0 fully saturated rings. The normalized spacial score (nSPS) is 11.1. The van der Waals surface area contributed by atoms with E-state index in [0.29, 0.717) is 0 Å². The molecule has 0 saturated carbocycles. The Bertz CT molecular complexity index is 334. The summed E-state index contributed by atoms with van der Waals surface area (Å²) >= 11 is 6.33. The van der Waals surface area contributed by atoms with Crippen LogP contribution in [0.1, 0.15) is 51.4 Å². The third kappa shape index (κ3) is 4.00. The van der Waals surface area contributed by atoms with Crippen LogP contribution in [0.25, 0.3) is 0 Å². The van der Waals surface area contributed by atoms with E-state index in [-0.39, 0.29) is 0 Å². The van der Waals surface area contributed by atoms with E-state index in [4.69, 9.17) is 11.6 Å². The van der Waals surface area contributed by atoms with E-state index in [0.717, 1.165) is 42.5 Å². The topological polar surface area (TPSA) is 29.9 Å². The molecule has 0 unspecified atom stereocenters. The van der Waals surface area contributed by atoms with E-state index in [1.54, 1.807) is 0 Å². The molecule has 17 heavy (non-hydrogen) atoms. The van der Waals surface area contributed by atoms with Gasteiger partial charge in [0, 0.05) is 13.1 Å². The molecule has 0 spiro atoms. The quantitative estimate of drug-likeness (QED) is 0.724. The van der Waals surface area contributed by atoms with Gasteiger partial charge >= 0.3 is 0 Å². The molecular weight excluding hydrogens is 234 g/mol. The van der Waals surface area contributed by atoms with Crippen LogP contribution in [0.15, 0.2) is 0 Å². The molecule has 1 aromatic heterocycles. The lowest BCUT2D eigenvalue weighted by molar-refractivity contribution is 0.561. The molecule has 4 heteroatoms. The summed E-state index contributed by atoms with van der Waals surface area (Å²) in [5, 5.41) is 8.80. The van der Waals surface area contributed by atoms with E-state index in [2.05, 4.69) is 31.2 Å². The van der Waals surface area contributed by atoms with Crippen molar-refractivity contribution in [2.24, 2.45) is 0 Å². The van der Waals surface area contributed by atoms with Crippen LogP contribution in [0, 0.1) is 0 Å². The Labute approximate surface area is 110 Å². The van der Waals surface area contributed by atoms with Crippen LogP contribution in [0.5, 0.6) is 0 Å². The maximum atomic E-state index is 6.33. The van der Waals surface area contributed by atoms with Crippen LogP contribution >= 0.6 is 11.6 Å². The number of rotatable bonds is 8. The molecule has 98 valence electrons. The smallest absolute Gasteiger partial charge is 0.0863 e. The standard InChI is InChI=1S/C13H24ClN3/c1-4-7-8-9-15-10-12-13(14)11(5-2)16-17(12)6-3/h15H,4-10H2,1-3H3. The Hall–Kier alpha value is -0.540. The fraction of sp³-hybridized carbons (Fsp3) is 0.769. The molecule has 1 aromatic rings. The van der Waals surface area contributed by atoms with E-state index < -0.39 is 0 Å². The molecule has 3 nitrogen and oxygen atoms in total. The summed E-state index contributed by atoms with van der Waals surface area (Å²) in [5.74, 6) is 0. The van der Waals surface area contributed by atoms with Crippen molar-refractivity contribution in [2.45, 2.75) is 59.5 Å². The summed E-state index contributed by atoms with van der Waals surface area (Å²) in [7, 11) is 0. The highest BCUT2D eigenvalue weighted by atomic mass is 35.5. The van der Waals surface area contributed by atoms with Crippen LogP contribution in [-0.2, 0) is 19.5 Å². The Morgan fingerprint density at radius 2 is 2.00 bits per heavy atom. The van der Waals surface area contributed by atoms with Crippen molar-refractivity contribution in [3.63, 3.8) is 0 Å². The van der Waals surface area contributed by atoms with Gasteiger partial charge in [-0.25, -0.2) is 0 Å². The van der Waals surface area contributed by atoms with E-state index in [1.165, 1.54) is 19.3 Å². The molecule has 1 rings (SSSR count). The average Bonchev–Trinajstić information content (AvgIpc) is 2.65. The van der Waals surface area contributed by atoms with Gasteiger partial charge in [0.05, 0.1) is 16.4 Å². The zero-order chi connectivity index (χ0) is 12.7. The van der Waals surface area contributed by atoms with Crippen LogP contribution in [0.3, 0.4) is 0 Å². The van der Waals surface area contributed by atoms with E-state index >= 15 is 0 Å². The second kappa shape index (κ2) is 7.72. The minimum atomic E-state index is 0.823. The molecule has 1 heterocycles. The van der Waals surface area contributed by atoms with Crippen molar-refractivity contribution in [2.75, 3.05) is 6.54 Å². The average molecular weight is 258 g/mol. The molecule has 0 bridgehead atoms. The minimum Gasteiger partial charge on any atom is -0.311 e. The van der Waals surface area contributed by atoms with Gasteiger partial charge in [-0.15, -0.1) is 0 Å². The number of aryl methyl sites for hydroxylation is 2. The molecule has 0 aliphatic carbocycles. The highest BCUT2D eigenvalue weighted by Crippen LogP contribution is 2.21. The predicted molar refractivity (Wildman–Crippen MR) is 73.5 cm³/mol. The fourth-order valence-corrected chi connectivity index (χ4v) is 2.23. The Morgan fingerprint density at radius 1 is 1.24 bits per heavy atom.